The van der Waals surface area contributed by atoms with Gasteiger partial charge in [-0.25, -0.2) is 18.1 Å². The van der Waals surface area contributed by atoms with Crippen LogP contribution in [0.5, 0.6) is 0 Å². The summed E-state index contributed by atoms with van der Waals surface area (Å²) in [4.78, 5) is 3.88. The lowest BCUT2D eigenvalue weighted by molar-refractivity contribution is 0.152. The lowest BCUT2D eigenvalue weighted by Gasteiger charge is -2.13. The molecule has 2 N–H and O–H groups in total. The molecule has 0 aliphatic heterocycles. The zero-order valence-electron chi connectivity index (χ0n) is 11.9. The molecule has 1 aromatic rings. The van der Waals surface area contributed by atoms with Crippen molar-refractivity contribution >= 4 is 10.0 Å². The molecular weight excluding hydrogens is 266 g/mol. The topological polar surface area (TPSA) is 84.2 Å². The molecule has 0 saturated heterocycles. The van der Waals surface area contributed by atoms with Gasteiger partial charge in [-0.15, -0.1) is 0 Å². The maximum atomic E-state index is 12.0. The van der Waals surface area contributed by atoms with Crippen LogP contribution in [-0.2, 0) is 10.0 Å². The number of sulfonamides is 1. The van der Waals surface area contributed by atoms with Gasteiger partial charge in [0.25, 0.3) is 10.0 Å². The molecular formula is C12H23N3O3S. The highest BCUT2D eigenvalue weighted by Gasteiger charge is 2.19. The Bertz CT molecular complexity index is 494. The van der Waals surface area contributed by atoms with Crippen molar-refractivity contribution in [2.24, 2.45) is 5.92 Å². The van der Waals surface area contributed by atoms with E-state index in [0.717, 1.165) is 0 Å². The van der Waals surface area contributed by atoms with Crippen molar-refractivity contribution in [1.82, 2.24) is 14.3 Å². The molecule has 0 aliphatic carbocycles. The van der Waals surface area contributed by atoms with E-state index in [1.807, 2.05) is 27.7 Å². The van der Waals surface area contributed by atoms with Crippen LogP contribution in [0.4, 0.5) is 0 Å². The van der Waals surface area contributed by atoms with Gasteiger partial charge in [-0.1, -0.05) is 13.8 Å². The van der Waals surface area contributed by atoms with Gasteiger partial charge >= 0.3 is 0 Å². The van der Waals surface area contributed by atoms with Crippen molar-refractivity contribution in [1.29, 1.82) is 0 Å². The third-order valence-corrected chi connectivity index (χ3v) is 4.01. The second kappa shape index (κ2) is 6.49. The fraction of sp³-hybridized carbons (Fsp3) is 0.750. The molecule has 110 valence electrons. The number of hydrogen-bond acceptors (Lipinski definition) is 4. The average Bonchev–Trinajstić information content (AvgIpc) is 2.75. The fourth-order valence-corrected chi connectivity index (χ4v) is 2.65. The van der Waals surface area contributed by atoms with Gasteiger partial charge in [-0.05, 0) is 26.2 Å². The molecule has 1 unspecified atom stereocenters. The molecule has 1 rings (SSSR count). The summed E-state index contributed by atoms with van der Waals surface area (Å²) >= 11 is 0. The molecule has 0 aliphatic rings. The monoisotopic (exact) mass is 289 g/mol. The van der Waals surface area contributed by atoms with Gasteiger partial charge in [0.05, 0.1) is 12.4 Å². The van der Waals surface area contributed by atoms with Crippen LogP contribution in [0.2, 0.25) is 0 Å². The molecule has 7 heteroatoms. The minimum atomic E-state index is -3.65. The SMILES string of the molecule is CC(C)CC(O)CNS(=O)(=O)c1cn(C(C)C)cn1. The van der Waals surface area contributed by atoms with Crippen molar-refractivity contribution in [3.8, 4) is 0 Å². The number of aromatic nitrogens is 2. The van der Waals surface area contributed by atoms with E-state index in [1.165, 1.54) is 12.5 Å². The van der Waals surface area contributed by atoms with Crippen LogP contribution in [0.3, 0.4) is 0 Å². The minimum Gasteiger partial charge on any atom is -0.392 e. The van der Waals surface area contributed by atoms with Crippen LogP contribution in [0.1, 0.15) is 40.2 Å². The van der Waals surface area contributed by atoms with Crippen molar-refractivity contribution in [2.75, 3.05) is 6.54 Å². The standard InChI is InChI=1S/C12H23N3O3S/c1-9(2)5-11(16)6-14-19(17,18)12-7-15(8-13-12)10(3)4/h7-11,14,16H,5-6H2,1-4H3. The maximum Gasteiger partial charge on any atom is 0.259 e. The minimum absolute atomic E-state index is 0.00898. The van der Waals surface area contributed by atoms with Gasteiger partial charge in [-0.2, -0.15) is 0 Å². The van der Waals surface area contributed by atoms with Gasteiger partial charge < -0.3 is 9.67 Å². The lowest BCUT2D eigenvalue weighted by Crippen LogP contribution is -2.33. The summed E-state index contributed by atoms with van der Waals surface area (Å²) in [5.74, 6) is 0.319. The summed E-state index contributed by atoms with van der Waals surface area (Å²) in [6.07, 6.45) is 2.86. The summed E-state index contributed by atoms with van der Waals surface area (Å²) < 4.78 is 28.0. The molecule has 19 heavy (non-hydrogen) atoms. The number of aliphatic hydroxyl groups is 1. The molecule has 1 heterocycles. The molecule has 0 aromatic carbocycles. The van der Waals surface area contributed by atoms with Gasteiger partial charge in [-0.3, -0.25) is 0 Å². The summed E-state index contributed by atoms with van der Waals surface area (Å²) in [6.45, 7) is 7.84. The third kappa shape index (κ3) is 4.93. The van der Waals surface area contributed by atoms with Crippen LogP contribution < -0.4 is 4.72 Å². The van der Waals surface area contributed by atoms with E-state index in [4.69, 9.17) is 0 Å². The first-order valence-electron chi connectivity index (χ1n) is 6.43. The highest BCUT2D eigenvalue weighted by atomic mass is 32.2. The first kappa shape index (κ1) is 16.1. The Hall–Kier alpha value is -0.920. The summed E-state index contributed by atoms with van der Waals surface area (Å²) in [7, 11) is -3.65. The van der Waals surface area contributed by atoms with Gasteiger partial charge in [0.15, 0.2) is 5.03 Å². The van der Waals surface area contributed by atoms with Crippen LogP contribution in [-0.4, -0.2) is 35.7 Å². The largest absolute Gasteiger partial charge is 0.392 e. The molecule has 1 aromatic heterocycles. The summed E-state index contributed by atoms with van der Waals surface area (Å²) in [5, 5.41) is 9.65. The zero-order valence-corrected chi connectivity index (χ0v) is 12.7. The highest BCUT2D eigenvalue weighted by molar-refractivity contribution is 7.89. The molecule has 0 fully saturated rings. The van der Waals surface area contributed by atoms with E-state index in [0.29, 0.717) is 12.3 Å². The fourth-order valence-electron chi connectivity index (χ4n) is 1.65. The predicted octanol–water partition coefficient (Wildman–Crippen LogP) is 1.15. The zero-order chi connectivity index (χ0) is 14.6. The number of hydrogen-bond donors (Lipinski definition) is 2. The van der Waals surface area contributed by atoms with E-state index < -0.39 is 16.1 Å². The second-order valence-corrected chi connectivity index (χ2v) is 7.10. The normalized spacial score (nSPS) is 14.3. The summed E-state index contributed by atoms with van der Waals surface area (Å²) in [6, 6.07) is 0.156. The molecule has 1 atom stereocenters. The molecule has 0 radical (unpaired) electrons. The molecule has 0 bridgehead atoms. The van der Waals surface area contributed by atoms with Crippen LogP contribution in [0, 0.1) is 5.92 Å². The maximum absolute atomic E-state index is 12.0. The Morgan fingerprint density at radius 3 is 2.47 bits per heavy atom. The van der Waals surface area contributed by atoms with Crippen LogP contribution in [0.15, 0.2) is 17.6 Å². The number of nitrogens with zero attached hydrogens (tertiary/aromatic N) is 2. The molecule has 0 saturated carbocycles. The highest BCUT2D eigenvalue weighted by Crippen LogP contribution is 2.10. The Balaban J connectivity index is 2.65. The van der Waals surface area contributed by atoms with E-state index in [2.05, 4.69) is 9.71 Å². The van der Waals surface area contributed by atoms with Crippen molar-refractivity contribution in [3.05, 3.63) is 12.5 Å². The summed E-state index contributed by atoms with van der Waals surface area (Å²) in [5.41, 5.74) is 0. The third-order valence-electron chi connectivity index (χ3n) is 2.70. The quantitative estimate of drug-likeness (QED) is 0.788. The number of aliphatic hydroxyl groups excluding tert-OH is 1. The van der Waals surface area contributed by atoms with Crippen molar-refractivity contribution in [2.45, 2.75) is 51.3 Å². The first-order valence-corrected chi connectivity index (χ1v) is 7.92. The molecule has 0 spiro atoms. The van der Waals surface area contributed by atoms with Crippen LogP contribution >= 0.6 is 0 Å². The van der Waals surface area contributed by atoms with Crippen LogP contribution in [0.25, 0.3) is 0 Å². The van der Waals surface area contributed by atoms with Crippen molar-refractivity contribution < 1.29 is 13.5 Å². The Labute approximate surface area is 114 Å². The number of imidazole rings is 1. The Morgan fingerprint density at radius 1 is 1.37 bits per heavy atom. The van der Waals surface area contributed by atoms with E-state index in [9.17, 15) is 13.5 Å². The second-order valence-electron chi connectivity index (χ2n) is 5.39. The van der Waals surface area contributed by atoms with Crippen molar-refractivity contribution in [3.63, 3.8) is 0 Å². The van der Waals surface area contributed by atoms with E-state index >= 15 is 0 Å². The molecule has 6 nitrogen and oxygen atoms in total. The Kier molecular flexibility index (Phi) is 5.51. The van der Waals surface area contributed by atoms with E-state index in [-0.39, 0.29) is 17.6 Å². The number of rotatable bonds is 7. The van der Waals surface area contributed by atoms with Gasteiger partial charge in [0.2, 0.25) is 0 Å². The van der Waals surface area contributed by atoms with E-state index in [1.54, 1.807) is 4.57 Å². The lowest BCUT2D eigenvalue weighted by atomic mass is 10.1. The predicted molar refractivity (Wildman–Crippen MR) is 73.3 cm³/mol. The molecule has 0 amide bonds. The van der Waals surface area contributed by atoms with Gasteiger partial charge in [0.1, 0.15) is 0 Å². The smallest absolute Gasteiger partial charge is 0.259 e. The average molecular weight is 289 g/mol. The first-order chi connectivity index (χ1) is 8.72. The number of nitrogens with one attached hydrogen (secondary N) is 1. The Morgan fingerprint density at radius 2 is 2.00 bits per heavy atom. The van der Waals surface area contributed by atoms with Gasteiger partial charge in [0, 0.05) is 18.8 Å².